The van der Waals surface area contributed by atoms with Crippen molar-refractivity contribution in [1.29, 1.82) is 0 Å². The van der Waals surface area contributed by atoms with Crippen LogP contribution in [0.25, 0.3) is 27.7 Å². The zero-order valence-corrected chi connectivity index (χ0v) is 13.4. The Bertz CT molecular complexity index is 1130. The molecule has 122 valence electrons. The van der Waals surface area contributed by atoms with E-state index in [-0.39, 0.29) is 11.3 Å². The second-order valence-electron chi connectivity index (χ2n) is 5.81. The number of benzene rings is 3. The molecule has 0 aliphatic carbocycles. The predicted molar refractivity (Wildman–Crippen MR) is 101 cm³/mol. The molecule has 0 saturated heterocycles. The summed E-state index contributed by atoms with van der Waals surface area (Å²) in [5.74, 6) is 0.0599. The number of rotatable bonds is 2. The highest BCUT2D eigenvalue weighted by molar-refractivity contribution is 5.93. The van der Waals surface area contributed by atoms with Gasteiger partial charge in [-0.2, -0.15) is 0 Å². The fourth-order valence-corrected chi connectivity index (χ4v) is 3.11. The summed E-state index contributed by atoms with van der Waals surface area (Å²) in [4.78, 5) is 13.2. The van der Waals surface area contributed by atoms with Gasteiger partial charge in [0.25, 0.3) is 5.56 Å². The number of aromatic nitrogens is 1. The van der Waals surface area contributed by atoms with Crippen LogP contribution in [0.3, 0.4) is 0 Å². The Kier molecular flexibility index (Phi) is 3.51. The predicted octanol–water partition coefficient (Wildman–Crippen LogP) is 3.95. The van der Waals surface area contributed by atoms with Crippen molar-refractivity contribution >= 4 is 16.5 Å². The highest BCUT2D eigenvalue weighted by Gasteiger charge is 2.19. The Balaban J connectivity index is 2.23. The molecule has 0 radical (unpaired) electrons. The van der Waals surface area contributed by atoms with E-state index >= 15 is 0 Å². The monoisotopic (exact) mass is 328 g/mol. The van der Waals surface area contributed by atoms with E-state index < -0.39 is 0 Å². The standard InChI is InChI=1S/C21H16N2O2/c22-17-12-6-7-13-18(17)23-19(14-8-2-1-3-9-14)20(24)15-10-4-5-11-16(15)21(23)25/h1-13,24H,22H2. The molecule has 0 atom stereocenters. The summed E-state index contributed by atoms with van der Waals surface area (Å²) in [7, 11) is 0. The van der Waals surface area contributed by atoms with Crippen molar-refractivity contribution in [2.75, 3.05) is 5.73 Å². The van der Waals surface area contributed by atoms with Crippen molar-refractivity contribution < 1.29 is 5.11 Å². The smallest absolute Gasteiger partial charge is 0.263 e. The lowest BCUT2D eigenvalue weighted by Gasteiger charge is -2.18. The van der Waals surface area contributed by atoms with E-state index in [1.165, 1.54) is 4.57 Å². The molecular formula is C21H16N2O2. The van der Waals surface area contributed by atoms with E-state index in [9.17, 15) is 9.90 Å². The lowest BCUT2D eigenvalue weighted by molar-refractivity contribution is 0.479. The second kappa shape index (κ2) is 5.83. The normalized spacial score (nSPS) is 10.9. The second-order valence-corrected chi connectivity index (χ2v) is 5.81. The number of anilines is 1. The van der Waals surface area contributed by atoms with Crippen LogP contribution in [0.15, 0.2) is 83.7 Å². The third kappa shape index (κ3) is 2.35. The van der Waals surface area contributed by atoms with Gasteiger partial charge < -0.3 is 10.8 Å². The van der Waals surface area contributed by atoms with E-state index in [0.717, 1.165) is 5.56 Å². The van der Waals surface area contributed by atoms with E-state index in [0.29, 0.717) is 27.8 Å². The molecule has 0 bridgehead atoms. The van der Waals surface area contributed by atoms with Gasteiger partial charge in [0.15, 0.2) is 0 Å². The Morgan fingerprint density at radius 1 is 0.760 bits per heavy atom. The summed E-state index contributed by atoms with van der Waals surface area (Å²) < 4.78 is 1.49. The molecule has 3 N–H and O–H groups in total. The van der Waals surface area contributed by atoms with Crippen LogP contribution >= 0.6 is 0 Å². The summed E-state index contributed by atoms with van der Waals surface area (Å²) in [6.07, 6.45) is 0. The van der Waals surface area contributed by atoms with Crippen LogP contribution in [-0.4, -0.2) is 9.67 Å². The van der Waals surface area contributed by atoms with Gasteiger partial charge in [-0.1, -0.05) is 60.7 Å². The van der Waals surface area contributed by atoms with Crippen molar-refractivity contribution in [3.05, 3.63) is 89.2 Å². The zero-order valence-electron chi connectivity index (χ0n) is 13.4. The minimum atomic E-state index is -0.217. The lowest BCUT2D eigenvalue weighted by Crippen LogP contribution is -2.21. The third-order valence-corrected chi connectivity index (χ3v) is 4.29. The lowest BCUT2D eigenvalue weighted by atomic mass is 10.0. The zero-order chi connectivity index (χ0) is 17.4. The van der Waals surface area contributed by atoms with Gasteiger partial charge in [0.2, 0.25) is 0 Å². The topological polar surface area (TPSA) is 68.2 Å². The quantitative estimate of drug-likeness (QED) is 0.548. The molecular weight excluding hydrogens is 312 g/mol. The van der Waals surface area contributed by atoms with Gasteiger partial charge in [0.05, 0.1) is 22.5 Å². The summed E-state index contributed by atoms with van der Waals surface area (Å²) in [6, 6.07) is 23.5. The molecule has 4 nitrogen and oxygen atoms in total. The first-order valence-electron chi connectivity index (χ1n) is 7.95. The average molecular weight is 328 g/mol. The first-order valence-corrected chi connectivity index (χ1v) is 7.95. The van der Waals surface area contributed by atoms with Gasteiger partial charge in [-0.05, 0) is 18.2 Å². The SMILES string of the molecule is Nc1ccccc1-n1c(-c2ccccc2)c(O)c2ccccc2c1=O. The molecule has 0 aliphatic rings. The number of nitrogens with zero attached hydrogens (tertiary/aromatic N) is 1. The minimum Gasteiger partial charge on any atom is -0.505 e. The molecule has 3 aromatic carbocycles. The summed E-state index contributed by atoms with van der Waals surface area (Å²) in [6.45, 7) is 0. The average Bonchev–Trinajstić information content (AvgIpc) is 2.66. The Labute approximate surface area is 144 Å². The first kappa shape index (κ1) is 15.0. The van der Waals surface area contributed by atoms with Crippen LogP contribution < -0.4 is 11.3 Å². The van der Waals surface area contributed by atoms with E-state index in [1.54, 1.807) is 36.4 Å². The van der Waals surface area contributed by atoms with Crippen molar-refractivity contribution in [2.45, 2.75) is 0 Å². The highest BCUT2D eigenvalue weighted by atomic mass is 16.3. The number of para-hydroxylation sites is 2. The molecule has 4 rings (SSSR count). The van der Waals surface area contributed by atoms with Crippen molar-refractivity contribution in [3.8, 4) is 22.7 Å². The summed E-state index contributed by atoms with van der Waals surface area (Å²) in [5, 5.41) is 11.9. The van der Waals surface area contributed by atoms with Gasteiger partial charge in [-0.3, -0.25) is 9.36 Å². The Hall–Kier alpha value is -3.53. The number of hydrogen-bond donors (Lipinski definition) is 2. The van der Waals surface area contributed by atoms with Gasteiger partial charge in [-0.15, -0.1) is 0 Å². The molecule has 4 aromatic rings. The highest BCUT2D eigenvalue weighted by Crippen LogP contribution is 2.36. The number of hydrogen-bond acceptors (Lipinski definition) is 3. The molecule has 25 heavy (non-hydrogen) atoms. The van der Waals surface area contributed by atoms with E-state index in [4.69, 9.17) is 5.73 Å². The van der Waals surface area contributed by atoms with E-state index in [1.807, 2.05) is 42.5 Å². The first-order chi connectivity index (χ1) is 12.2. The molecule has 0 fully saturated rings. The van der Waals surface area contributed by atoms with Crippen LogP contribution in [0.5, 0.6) is 5.75 Å². The van der Waals surface area contributed by atoms with E-state index in [2.05, 4.69) is 0 Å². The largest absolute Gasteiger partial charge is 0.505 e. The molecule has 1 aromatic heterocycles. The fourth-order valence-electron chi connectivity index (χ4n) is 3.11. The number of aromatic hydroxyl groups is 1. The van der Waals surface area contributed by atoms with Crippen LogP contribution in [-0.2, 0) is 0 Å². The maximum Gasteiger partial charge on any atom is 0.263 e. The maximum absolute atomic E-state index is 13.2. The summed E-state index contributed by atoms with van der Waals surface area (Å²) in [5.41, 5.74) is 8.10. The minimum absolute atomic E-state index is 0.0599. The molecule has 0 spiro atoms. The van der Waals surface area contributed by atoms with Crippen LogP contribution in [0.4, 0.5) is 5.69 Å². The molecule has 1 heterocycles. The molecule has 4 heteroatoms. The molecule has 0 amide bonds. The molecule has 0 saturated carbocycles. The van der Waals surface area contributed by atoms with Crippen LogP contribution in [0.1, 0.15) is 0 Å². The molecule has 0 unspecified atom stereocenters. The Morgan fingerprint density at radius 2 is 1.36 bits per heavy atom. The van der Waals surface area contributed by atoms with Crippen molar-refractivity contribution in [3.63, 3.8) is 0 Å². The number of nitrogens with two attached hydrogens (primary N) is 1. The van der Waals surface area contributed by atoms with Gasteiger partial charge in [0, 0.05) is 10.9 Å². The number of nitrogen functional groups attached to an aromatic ring is 1. The maximum atomic E-state index is 13.2. The van der Waals surface area contributed by atoms with Crippen molar-refractivity contribution in [1.82, 2.24) is 4.57 Å². The number of pyridine rings is 1. The van der Waals surface area contributed by atoms with Crippen LogP contribution in [0, 0.1) is 0 Å². The molecule has 0 aliphatic heterocycles. The fraction of sp³-hybridized carbons (Fsp3) is 0. The third-order valence-electron chi connectivity index (χ3n) is 4.29. The van der Waals surface area contributed by atoms with Crippen molar-refractivity contribution in [2.24, 2.45) is 0 Å². The summed E-state index contributed by atoms with van der Waals surface area (Å²) >= 11 is 0. The Morgan fingerprint density at radius 3 is 2.08 bits per heavy atom. The van der Waals surface area contributed by atoms with Gasteiger partial charge >= 0.3 is 0 Å². The van der Waals surface area contributed by atoms with Crippen LogP contribution in [0.2, 0.25) is 0 Å². The van der Waals surface area contributed by atoms with Gasteiger partial charge in [-0.25, -0.2) is 0 Å². The number of fused-ring (bicyclic) bond motifs is 1. The van der Waals surface area contributed by atoms with Gasteiger partial charge in [0.1, 0.15) is 5.75 Å².